The largest absolute Gasteiger partial charge is 0.309 e. The highest BCUT2D eigenvalue weighted by atomic mass is 79.9. The lowest BCUT2D eigenvalue weighted by molar-refractivity contribution is 1.04. The molecule has 32 heavy (non-hydrogen) atoms. The molecule has 1 aromatic heterocycles. The summed E-state index contributed by atoms with van der Waals surface area (Å²) in [5, 5.41) is 2.58. The van der Waals surface area contributed by atoms with E-state index in [-0.39, 0.29) is 0 Å². The average molecular weight is 476 g/mol. The standard InChI is InChI=1S/C30H22BrN/c31-25-17-14-22(15-18-25)21-10-12-23(13-11-21)24-16-19-28-27-8-4-5-9-29(27)32(30(28)20-24)26-6-2-1-3-7-26/h1-14,16-17,19-20H,15,18H2. The van der Waals surface area contributed by atoms with Gasteiger partial charge in [-0.3, -0.25) is 0 Å². The zero-order chi connectivity index (χ0) is 21.5. The molecule has 0 bridgehead atoms. The molecule has 0 saturated heterocycles. The summed E-state index contributed by atoms with van der Waals surface area (Å²) in [6, 6.07) is 35.2. The van der Waals surface area contributed by atoms with Crippen LogP contribution in [0.3, 0.4) is 0 Å². The van der Waals surface area contributed by atoms with Crippen LogP contribution in [0.5, 0.6) is 0 Å². The number of para-hydroxylation sites is 2. The Morgan fingerprint density at radius 1 is 0.562 bits per heavy atom. The highest BCUT2D eigenvalue weighted by molar-refractivity contribution is 9.11. The molecule has 0 spiro atoms. The maximum atomic E-state index is 3.60. The van der Waals surface area contributed by atoms with Gasteiger partial charge in [0.2, 0.25) is 0 Å². The van der Waals surface area contributed by atoms with Crippen molar-refractivity contribution in [2.45, 2.75) is 12.8 Å². The minimum absolute atomic E-state index is 1.08. The molecular weight excluding hydrogens is 454 g/mol. The Morgan fingerprint density at radius 2 is 1.25 bits per heavy atom. The summed E-state index contributed by atoms with van der Waals surface area (Å²) < 4.78 is 3.65. The first kappa shape index (κ1) is 19.3. The number of nitrogens with zero attached hydrogens (tertiary/aromatic N) is 1. The predicted molar refractivity (Wildman–Crippen MR) is 140 cm³/mol. The highest BCUT2D eigenvalue weighted by Crippen LogP contribution is 2.35. The van der Waals surface area contributed by atoms with Crippen LogP contribution < -0.4 is 0 Å². The van der Waals surface area contributed by atoms with E-state index in [0.717, 1.165) is 12.8 Å². The van der Waals surface area contributed by atoms with E-state index in [2.05, 4.69) is 130 Å². The van der Waals surface area contributed by atoms with Gasteiger partial charge in [-0.2, -0.15) is 0 Å². The van der Waals surface area contributed by atoms with Gasteiger partial charge in [-0.05, 0) is 63.9 Å². The molecule has 1 heterocycles. The van der Waals surface area contributed by atoms with Crippen LogP contribution in [-0.4, -0.2) is 4.57 Å². The number of benzene rings is 4. The molecule has 0 radical (unpaired) electrons. The van der Waals surface area contributed by atoms with Gasteiger partial charge in [0.25, 0.3) is 0 Å². The Labute approximate surface area is 196 Å². The van der Waals surface area contributed by atoms with E-state index >= 15 is 0 Å². The van der Waals surface area contributed by atoms with Crippen LogP contribution in [0.2, 0.25) is 0 Å². The number of halogens is 1. The molecule has 0 amide bonds. The minimum atomic E-state index is 1.08. The fraction of sp³-hybridized carbons (Fsp3) is 0.0667. The van der Waals surface area contributed by atoms with Crippen molar-refractivity contribution >= 4 is 43.3 Å². The zero-order valence-electron chi connectivity index (χ0n) is 17.6. The fourth-order valence-corrected chi connectivity index (χ4v) is 5.06. The molecule has 0 fully saturated rings. The summed E-state index contributed by atoms with van der Waals surface area (Å²) in [5.74, 6) is 0. The van der Waals surface area contributed by atoms with Gasteiger partial charge in [-0.1, -0.05) is 101 Å². The number of fused-ring (bicyclic) bond motifs is 3. The number of hydrogen-bond donors (Lipinski definition) is 0. The van der Waals surface area contributed by atoms with Crippen LogP contribution in [0, 0.1) is 0 Å². The molecule has 0 unspecified atom stereocenters. The molecule has 0 N–H and O–H groups in total. The van der Waals surface area contributed by atoms with E-state index in [9.17, 15) is 0 Å². The van der Waals surface area contributed by atoms with E-state index in [0.29, 0.717) is 0 Å². The SMILES string of the molecule is BrC1=CC=C(c2ccc(-c3ccc4c5ccccc5n(-c5ccccc5)c4c3)cc2)CC1. The first-order valence-electron chi connectivity index (χ1n) is 11.0. The molecule has 5 aromatic rings. The summed E-state index contributed by atoms with van der Waals surface area (Å²) in [6.07, 6.45) is 6.56. The first-order valence-corrected chi connectivity index (χ1v) is 11.8. The summed E-state index contributed by atoms with van der Waals surface area (Å²) >= 11 is 3.60. The Balaban J connectivity index is 1.48. The van der Waals surface area contributed by atoms with Gasteiger partial charge in [0.05, 0.1) is 11.0 Å². The summed E-state index contributed by atoms with van der Waals surface area (Å²) in [4.78, 5) is 0. The van der Waals surface area contributed by atoms with E-state index in [1.807, 2.05) is 0 Å². The molecule has 1 aliphatic rings. The third kappa shape index (κ3) is 3.32. The van der Waals surface area contributed by atoms with Crippen LogP contribution in [0.1, 0.15) is 18.4 Å². The summed E-state index contributed by atoms with van der Waals surface area (Å²) in [7, 11) is 0. The third-order valence-electron chi connectivity index (χ3n) is 6.38. The van der Waals surface area contributed by atoms with Gasteiger partial charge in [0.1, 0.15) is 0 Å². The maximum absolute atomic E-state index is 3.60. The second-order valence-electron chi connectivity index (χ2n) is 8.30. The van der Waals surface area contributed by atoms with Crippen molar-refractivity contribution in [3.05, 3.63) is 119 Å². The van der Waals surface area contributed by atoms with E-state index in [1.165, 1.54) is 54.2 Å². The van der Waals surface area contributed by atoms with Gasteiger partial charge in [0, 0.05) is 16.5 Å². The lowest BCUT2D eigenvalue weighted by Crippen LogP contribution is -1.93. The molecule has 0 atom stereocenters. The van der Waals surface area contributed by atoms with Crippen molar-refractivity contribution in [1.29, 1.82) is 0 Å². The topological polar surface area (TPSA) is 4.93 Å². The molecule has 2 heteroatoms. The van der Waals surface area contributed by atoms with Crippen LogP contribution in [0.4, 0.5) is 0 Å². The molecular formula is C30H22BrN. The number of rotatable bonds is 3. The summed E-state index contributed by atoms with van der Waals surface area (Å²) in [6.45, 7) is 0. The van der Waals surface area contributed by atoms with Crippen molar-refractivity contribution in [3.8, 4) is 16.8 Å². The number of allylic oxidation sites excluding steroid dienone is 4. The van der Waals surface area contributed by atoms with Crippen molar-refractivity contribution in [1.82, 2.24) is 4.57 Å². The van der Waals surface area contributed by atoms with E-state index in [1.54, 1.807) is 0 Å². The predicted octanol–water partition coefficient (Wildman–Crippen LogP) is 8.91. The molecule has 1 aliphatic carbocycles. The molecule has 154 valence electrons. The van der Waals surface area contributed by atoms with Crippen molar-refractivity contribution in [3.63, 3.8) is 0 Å². The Bertz CT molecular complexity index is 1500. The second-order valence-corrected chi connectivity index (χ2v) is 9.32. The van der Waals surface area contributed by atoms with Gasteiger partial charge in [-0.15, -0.1) is 0 Å². The Morgan fingerprint density at radius 3 is 2.03 bits per heavy atom. The van der Waals surface area contributed by atoms with Crippen molar-refractivity contribution in [2.75, 3.05) is 0 Å². The van der Waals surface area contributed by atoms with Gasteiger partial charge < -0.3 is 4.57 Å². The van der Waals surface area contributed by atoms with Gasteiger partial charge in [0.15, 0.2) is 0 Å². The zero-order valence-corrected chi connectivity index (χ0v) is 19.2. The number of hydrogen-bond acceptors (Lipinski definition) is 0. The smallest absolute Gasteiger partial charge is 0.0547 e. The van der Waals surface area contributed by atoms with Gasteiger partial charge >= 0.3 is 0 Å². The Kier molecular flexibility index (Phi) is 4.81. The van der Waals surface area contributed by atoms with Crippen LogP contribution in [0.15, 0.2) is 114 Å². The van der Waals surface area contributed by atoms with Crippen LogP contribution >= 0.6 is 15.9 Å². The average Bonchev–Trinajstić information content (AvgIpc) is 3.19. The van der Waals surface area contributed by atoms with Crippen molar-refractivity contribution in [2.24, 2.45) is 0 Å². The van der Waals surface area contributed by atoms with Crippen molar-refractivity contribution < 1.29 is 0 Å². The molecule has 4 aromatic carbocycles. The Hall–Kier alpha value is -3.36. The van der Waals surface area contributed by atoms with Crippen LogP contribution in [0.25, 0.3) is 44.2 Å². The normalized spacial score (nSPS) is 13.9. The molecule has 6 rings (SSSR count). The monoisotopic (exact) mass is 475 g/mol. The molecule has 0 aliphatic heterocycles. The van der Waals surface area contributed by atoms with Crippen LogP contribution in [-0.2, 0) is 0 Å². The lowest BCUT2D eigenvalue weighted by Gasteiger charge is -2.12. The third-order valence-corrected chi connectivity index (χ3v) is 7.04. The lowest BCUT2D eigenvalue weighted by atomic mass is 9.95. The van der Waals surface area contributed by atoms with Gasteiger partial charge in [-0.25, -0.2) is 0 Å². The number of aromatic nitrogens is 1. The second kappa shape index (κ2) is 7.96. The first-order chi connectivity index (χ1) is 15.8. The molecule has 0 saturated carbocycles. The quantitative estimate of drug-likeness (QED) is 0.245. The maximum Gasteiger partial charge on any atom is 0.0547 e. The van der Waals surface area contributed by atoms with E-state index < -0.39 is 0 Å². The molecule has 1 nitrogen and oxygen atoms in total. The summed E-state index contributed by atoms with van der Waals surface area (Å²) in [5.41, 5.74) is 8.87. The van der Waals surface area contributed by atoms with E-state index in [4.69, 9.17) is 0 Å². The minimum Gasteiger partial charge on any atom is -0.309 e. The highest BCUT2D eigenvalue weighted by Gasteiger charge is 2.13. The fourth-order valence-electron chi connectivity index (χ4n) is 4.73.